The van der Waals surface area contributed by atoms with E-state index in [1.807, 2.05) is 84.9 Å². The second-order valence-electron chi connectivity index (χ2n) is 18.6. The molecule has 0 radical (unpaired) electrons. The third-order valence-electron chi connectivity index (χ3n) is 12.1. The molecule has 1 fully saturated rings. The molecule has 1 aliphatic carbocycles. The summed E-state index contributed by atoms with van der Waals surface area (Å²) in [5.41, 5.74) is 12.1. The monoisotopic (exact) mass is 998 g/mol. The van der Waals surface area contributed by atoms with Crippen molar-refractivity contribution in [2.75, 3.05) is 0 Å². The average molecular weight is 999 g/mol. The molecule has 0 saturated heterocycles. The van der Waals surface area contributed by atoms with E-state index in [1.165, 1.54) is 0 Å². The Kier molecular flexibility index (Phi) is 10.3. The van der Waals surface area contributed by atoms with Crippen molar-refractivity contribution in [1.29, 1.82) is 0 Å². The van der Waals surface area contributed by atoms with Crippen molar-refractivity contribution in [2.45, 2.75) is 91.3 Å². The Morgan fingerprint density at radius 1 is 0.710 bits per heavy atom. The fraction of sp³-hybridized carbons (Fsp3) is 0.263. The Balaban J connectivity index is 0.00000608. The standard InChI is InChI=1S/C57H56N3O.Pt/c1-37-23-26-40(27-24-37)42-29-30-58-50(36-42)44-33-43(34-45(35-44)56(2,3)4)46-19-14-22-52-53(46)59-55(47-20-13-21-49(54(47)61)57(5,6)7)60(52)51-28-25-39(31-38-15-11-12-16-38)32-48(51)41-17-9-8-10-18-41;/h8-10,13-14,17-30,32,34-36,38,61H,11-12,15-16,31H2,1-7H3;/q-1;/i1D3,31D2;. The van der Waals surface area contributed by atoms with Gasteiger partial charge < -0.3 is 5.11 Å². The minimum Gasteiger partial charge on any atom is -0.507 e. The molecule has 4 nitrogen and oxygen atoms in total. The van der Waals surface area contributed by atoms with Crippen LogP contribution in [0.15, 0.2) is 140 Å². The largest absolute Gasteiger partial charge is 0.507 e. The predicted molar refractivity (Wildman–Crippen MR) is 254 cm³/mol. The van der Waals surface area contributed by atoms with Crippen molar-refractivity contribution in [2.24, 2.45) is 5.92 Å². The molecule has 0 atom stereocenters. The van der Waals surface area contributed by atoms with Gasteiger partial charge in [0, 0.05) is 45.4 Å². The number of hydrogen-bond donors (Lipinski definition) is 1. The van der Waals surface area contributed by atoms with Gasteiger partial charge in [-0.25, -0.2) is 4.98 Å². The molecular weight excluding hydrogens is 938 g/mol. The summed E-state index contributed by atoms with van der Waals surface area (Å²) in [6.45, 7) is 10.7. The third-order valence-corrected chi connectivity index (χ3v) is 12.1. The maximum absolute atomic E-state index is 12.2. The molecule has 0 unspecified atom stereocenters. The number of nitrogens with zero attached hydrogens (tertiary/aromatic N) is 3. The van der Waals surface area contributed by atoms with E-state index in [9.17, 15) is 7.85 Å². The van der Waals surface area contributed by atoms with Crippen LogP contribution in [0.4, 0.5) is 0 Å². The zero-order valence-corrected chi connectivity index (χ0v) is 38.6. The third kappa shape index (κ3) is 8.60. The number of fused-ring (bicyclic) bond motifs is 1. The molecule has 1 saturated carbocycles. The van der Waals surface area contributed by atoms with Gasteiger partial charge >= 0.3 is 0 Å². The Bertz CT molecular complexity index is 3080. The van der Waals surface area contributed by atoms with Crippen molar-refractivity contribution in [3.8, 4) is 67.5 Å². The molecule has 62 heavy (non-hydrogen) atoms. The molecule has 2 aromatic heterocycles. The van der Waals surface area contributed by atoms with E-state index in [0.717, 1.165) is 98.2 Å². The zero-order valence-electron chi connectivity index (χ0n) is 41.3. The number of aryl methyl sites for hydroxylation is 1. The minimum atomic E-state index is -2.18. The van der Waals surface area contributed by atoms with Gasteiger partial charge in [0.25, 0.3) is 0 Å². The van der Waals surface area contributed by atoms with Crippen LogP contribution in [0.2, 0.25) is 0 Å². The van der Waals surface area contributed by atoms with Crippen molar-refractivity contribution in [3.63, 3.8) is 0 Å². The Labute approximate surface area is 389 Å². The first kappa shape index (κ1) is 37.0. The molecule has 8 aromatic rings. The summed E-state index contributed by atoms with van der Waals surface area (Å²) in [6, 6.07) is 47.2. The van der Waals surface area contributed by atoms with Crippen LogP contribution < -0.4 is 0 Å². The molecule has 1 aliphatic rings. The minimum absolute atomic E-state index is 0. The summed E-state index contributed by atoms with van der Waals surface area (Å²) >= 11 is 0. The number of imidazole rings is 1. The van der Waals surface area contributed by atoms with Crippen molar-refractivity contribution >= 4 is 11.0 Å². The van der Waals surface area contributed by atoms with E-state index in [-0.39, 0.29) is 43.6 Å². The molecule has 6 aromatic carbocycles. The molecule has 316 valence electrons. The second-order valence-corrected chi connectivity index (χ2v) is 18.6. The van der Waals surface area contributed by atoms with Crippen LogP contribution in [0, 0.1) is 18.8 Å². The Morgan fingerprint density at radius 2 is 1.44 bits per heavy atom. The summed E-state index contributed by atoms with van der Waals surface area (Å²) in [7, 11) is 0. The number of phenols is 1. The van der Waals surface area contributed by atoms with Crippen LogP contribution in [0.5, 0.6) is 5.75 Å². The van der Waals surface area contributed by atoms with Gasteiger partial charge in [-0.1, -0.05) is 175 Å². The molecule has 0 bridgehead atoms. The smallest absolute Gasteiger partial charge is 0.148 e. The van der Waals surface area contributed by atoms with Gasteiger partial charge in [-0.3, -0.25) is 9.55 Å². The SMILES string of the molecule is [2H]C([2H])([2H])c1ccc(-c2ccnc(-c3[c-]c(-c4cccc5c4nc(-c4cccc(C(C)(C)C)c4O)n5-c4ccc(C([2H])([2H])C5CCCC5)cc4-c4ccccc4)cc(C(C)(C)C)c3)c2)cc1.[Pt]. The predicted octanol–water partition coefficient (Wildman–Crippen LogP) is 14.9. The van der Waals surface area contributed by atoms with Crippen LogP contribution in [0.3, 0.4) is 0 Å². The topological polar surface area (TPSA) is 50.9 Å². The first-order valence-corrected chi connectivity index (χ1v) is 21.5. The van der Waals surface area contributed by atoms with Crippen molar-refractivity contribution in [1.82, 2.24) is 14.5 Å². The molecule has 9 rings (SSSR count). The molecule has 2 heterocycles. The number of phenolic OH excluding ortho intramolecular Hbond substituents is 1. The first-order valence-electron chi connectivity index (χ1n) is 24.0. The van der Waals surface area contributed by atoms with Gasteiger partial charge in [-0.05, 0) is 88.1 Å². The van der Waals surface area contributed by atoms with E-state index >= 15 is 0 Å². The van der Waals surface area contributed by atoms with Crippen molar-refractivity contribution < 1.29 is 33.0 Å². The number of pyridine rings is 1. The average Bonchev–Trinajstić information content (AvgIpc) is 3.98. The number of aromatic nitrogens is 3. The van der Waals surface area contributed by atoms with Crippen LogP contribution in [0.1, 0.15) is 96.3 Å². The summed E-state index contributed by atoms with van der Waals surface area (Å²) < 4.78 is 44.5. The Hall–Kier alpha value is -5.57. The molecule has 0 amide bonds. The van der Waals surface area contributed by atoms with E-state index < -0.39 is 13.2 Å². The quantitative estimate of drug-likeness (QED) is 0.154. The van der Waals surface area contributed by atoms with Crippen LogP contribution in [-0.4, -0.2) is 19.6 Å². The van der Waals surface area contributed by atoms with E-state index in [0.29, 0.717) is 22.5 Å². The van der Waals surface area contributed by atoms with Crippen molar-refractivity contribution in [3.05, 3.63) is 168 Å². The van der Waals surface area contributed by atoms with Crippen LogP contribution >= 0.6 is 0 Å². The Morgan fingerprint density at radius 3 is 2.16 bits per heavy atom. The van der Waals surface area contributed by atoms with E-state index in [2.05, 4.69) is 88.6 Å². The van der Waals surface area contributed by atoms with Gasteiger partial charge in [0.2, 0.25) is 0 Å². The van der Waals surface area contributed by atoms with E-state index in [1.54, 1.807) is 18.3 Å². The molecule has 1 N–H and O–H groups in total. The summed E-state index contributed by atoms with van der Waals surface area (Å²) in [6.07, 6.45) is 4.11. The van der Waals surface area contributed by atoms with E-state index in [4.69, 9.17) is 14.1 Å². The molecule has 0 aliphatic heterocycles. The number of rotatable bonds is 8. The maximum atomic E-state index is 12.2. The van der Waals surface area contributed by atoms with Gasteiger partial charge in [0.1, 0.15) is 11.6 Å². The second kappa shape index (κ2) is 17.3. The van der Waals surface area contributed by atoms with Gasteiger partial charge in [0.05, 0.1) is 22.3 Å². The number of para-hydroxylation sites is 2. The maximum Gasteiger partial charge on any atom is 0.148 e. The molecule has 5 heteroatoms. The van der Waals surface area contributed by atoms with Gasteiger partial charge in [-0.15, -0.1) is 29.3 Å². The summed E-state index contributed by atoms with van der Waals surface area (Å²) in [5, 5.41) is 12.2. The summed E-state index contributed by atoms with van der Waals surface area (Å²) in [4.78, 5) is 10.4. The normalized spacial score (nSPS) is 15.0. The number of aromatic hydroxyl groups is 1. The number of hydrogen-bond acceptors (Lipinski definition) is 3. The number of benzene rings is 6. The summed E-state index contributed by atoms with van der Waals surface area (Å²) in [5.74, 6) is 0.686. The van der Waals surface area contributed by atoms with Crippen LogP contribution in [0.25, 0.3) is 72.7 Å². The zero-order chi connectivity index (χ0) is 46.8. The molecular formula is C57H56N3OPt-. The fourth-order valence-electron chi connectivity index (χ4n) is 8.75. The van der Waals surface area contributed by atoms with Gasteiger partial charge in [-0.2, -0.15) is 0 Å². The van der Waals surface area contributed by atoms with Crippen LogP contribution in [-0.2, 0) is 38.3 Å². The first-order chi connectivity index (χ1) is 31.3. The van der Waals surface area contributed by atoms with Gasteiger partial charge in [0.15, 0.2) is 0 Å². The fourth-order valence-corrected chi connectivity index (χ4v) is 8.75. The molecule has 0 spiro atoms.